The molecule has 0 radical (unpaired) electrons. The maximum atomic E-state index is 13.0. The number of aliphatic imine (C=N–C) groups is 1. The number of amides is 1. The Hall–Kier alpha value is -2.07. The average Bonchev–Trinajstić information content (AvgIpc) is 2.87. The summed E-state index contributed by atoms with van der Waals surface area (Å²) in [4.78, 5) is 20.3. The van der Waals surface area contributed by atoms with Crippen molar-refractivity contribution in [2.24, 2.45) is 16.8 Å². The first-order chi connectivity index (χ1) is 14.1. The van der Waals surface area contributed by atoms with E-state index < -0.39 is 0 Å². The first-order valence-electron chi connectivity index (χ1n) is 10.9. The van der Waals surface area contributed by atoms with E-state index in [0.29, 0.717) is 17.4 Å². The lowest BCUT2D eigenvalue weighted by Gasteiger charge is -2.34. The van der Waals surface area contributed by atoms with Gasteiger partial charge in [-0.05, 0) is 48.9 Å². The van der Waals surface area contributed by atoms with E-state index in [2.05, 4.69) is 56.4 Å². The minimum Gasteiger partial charge on any atom is -0.349 e. The van der Waals surface area contributed by atoms with Gasteiger partial charge >= 0.3 is 0 Å². The maximum Gasteiger partial charge on any atom is 0.251 e. The van der Waals surface area contributed by atoms with Gasteiger partial charge in [0.25, 0.3) is 5.91 Å². The van der Waals surface area contributed by atoms with E-state index in [1.807, 2.05) is 12.1 Å². The van der Waals surface area contributed by atoms with Crippen LogP contribution in [0.15, 0.2) is 57.2 Å². The van der Waals surface area contributed by atoms with Crippen molar-refractivity contribution in [2.75, 3.05) is 0 Å². The van der Waals surface area contributed by atoms with Gasteiger partial charge in [-0.15, -0.1) is 0 Å². The lowest BCUT2D eigenvalue weighted by Crippen LogP contribution is -2.43. The molecule has 3 nitrogen and oxygen atoms in total. The molecule has 0 bridgehead atoms. The predicted molar refractivity (Wildman–Crippen MR) is 122 cm³/mol. The number of rotatable bonds is 4. The van der Waals surface area contributed by atoms with Crippen LogP contribution in [-0.4, -0.2) is 17.7 Å². The molecule has 4 heteroatoms. The molecule has 1 aliphatic heterocycles. The highest BCUT2D eigenvalue weighted by atomic mass is 32.2. The summed E-state index contributed by atoms with van der Waals surface area (Å²) in [5.74, 6) is 1.21. The van der Waals surface area contributed by atoms with E-state index in [-0.39, 0.29) is 11.9 Å². The van der Waals surface area contributed by atoms with E-state index in [4.69, 9.17) is 4.99 Å². The second kappa shape index (κ2) is 8.74. The minimum atomic E-state index is 0.0257. The number of nitrogens with zero attached hydrogens (tertiary/aromatic N) is 1. The summed E-state index contributed by atoms with van der Waals surface area (Å²) >= 11 is 1.74. The van der Waals surface area contributed by atoms with E-state index in [0.717, 1.165) is 35.6 Å². The highest BCUT2D eigenvalue weighted by Crippen LogP contribution is 2.41. The summed E-state index contributed by atoms with van der Waals surface area (Å²) in [5, 5.41) is 3.30. The van der Waals surface area contributed by atoms with Gasteiger partial charge in [-0.1, -0.05) is 70.0 Å². The zero-order valence-electron chi connectivity index (χ0n) is 17.6. The number of carbonyl (C=O) groups excluding carboxylic acids is 1. The smallest absolute Gasteiger partial charge is 0.251 e. The molecule has 29 heavy (non-hydrogen) atoms. The lowest BCUT2D eigenvalue weighted by atomic mass is 9.78. The Labute approximate surface area is 178 Å². The topological polar surface area (TPSA) is 41.5 Å². The Morgan fingerprint density at radius 1 is 1.14 bits per heavy atom. The minimum absolute atomic E-state index is 0.0257. The molecule has 2 aliphatic rings. The van der Waals surface area contributed by atoms with Crippen LogP contribution < -0.4 is 5.32 Å². The summed E-state index contributed by atoms with van der Waals surface area (Å²) in [6, 6.07) is 14.7. The molecule has 1 heterocycles. The SMILES string of the molecule is CCCC1=Nc2cc(C(=O)N[C@@H]3CCC[C@H](C)[C@H]3C)ccc2Sc2ccccc21. The Kier molecular flexibility index (Phi) is 6.09. The molecule has 0 spiro atoms. The zero-order chi connectivity index (χ0) is 20.4. The van der Waals surface area contributed by atoms with E-state index in [9.17, 15) is 4.79 Å². The summed E-state index contributed by atoms with van der Waals surface area (Å²) in [6.45, 7) is 6.74. The first-order valence-corrected chi connectivity index (χ1v) is 11.7. The number of carbonyl (C=O) groups is 1. The van der Waals surface area contributed by atoms with Gasteiger partial charge in [-0.3, -0.25) is 9.79 Å². The van der Waals surface area contributed by atoms with Crippen LogP contribution in [0.3, 0.4) is 0 Å². The molecule has 0 aromatic heterocycles. The van der Waals surface area contributed by atoms with Crippen molar-refractivity contribution in [2.45, 2.75) is 68.7 Å². The Balaban J connectivity index is 1.62. The molecular weight excluding hydrogens is 376 g/mol. The van der Waals surface area contributed by atoms with Gasteiger partial charge in [0.05, 0.1) is 5.69 Å². The summed E-state index contributed by atoms with van der Waals surface area (Å²) in [5.41, 5.74) is 3.95. The molecule has 152 valence electrons. The van der Waals surface area contributed by atoms with Crippen LogP contribution in [0.2, 0.25) is 0 Å². The van der Waals surface area contributed by atoms with Gasteiger partial charge < -0.3 is 5.32 Å². The van der Waals surface area contributed by atoms with Gasteiger partial charge in [0, 0.05) is 32.7 Å². The first kappa shape index (κ1) is 20.2. The van der Waals surface area contributed by atoms with Crippen LogP contribution in [0, 0.1) is 11.8 Å². The summed E-state index contributed by atoms with van der Waals surface area (Å²) in [7, 11) is 0. The molecule has 1 aliphatic carbocycles. The fourth-order valence-electron chi connectivity index (χ4n) is 4.42. The van der Waals surface area contributed by atoms with Crippen LogP contribution in [-0.2, 0) is 0 Å². The number of hydrogen-bond donors (Lipinski definition) is 1. The molecule has 1 N–H and O–H groups in total. The van der Waals surface area contributed by atoms with Crippen LogP contribution in [0.5, 0.6) is 0 Å². The Bertz CT molecular complexity index is 936. The van der Waals surface area contributed by atoms with Crippen molar-refractivity contribution >= 4 is 29.1 Å². The predicted octanol–water partition coefficient (Wildman–Crippen LogP) is 6.63. The molecule has 1 amide bonds. The van der Waals surface area contributed by atoms with Crippen molar-refractivity contribution in [3.63, 3.8) is 0 Å². The monoisotopic (exact) mass is 406 g/mol. The number of fused-ring (bicyclic) bond motifs is 2. The van der Waals surface area contributed by atoms with Gasteiger partial charge in [0.1, 0.15) is 0 Å². The fraction of sp³-hybridized carbons (Fsp3) is 0.440. The number of hydrogen-bond acceptors (Lipinski definition) is 3. The second-order valence-corrected chi connectivity index (χ2v) is 9.52. The average molecular weight is 407 g/mol. The highest BCUT2D eigenvalue weighted by Gasteiger charge is 2.28. The molecule has 4 rings (SSSR count). The van der Waals surface area contributed by atoms with E-state index in [1.54, 1.807) is 11.8 Å². The molecule has 1 saturated carbocycles. The third kappa shape index (κ3) is 4.28. The standard InChI is InChI=1S/C25H30N2OS/c1-4-8-21-19-10-5-6-12-23(19)29-24-14-13-18(15-22(24)26-21)25(28)27-20-11-7-9-16(2)17(20)3/h5-6,10,12-17,20H,4,7-9,11H2,1-3H3,(H,27,28)/t16-,17+,20+/m0/s1. The number of benzene rings is 2. The highest BCUT2D eigenvalue weighted by molar-refractivity contribution is 7.99. The normalized spacial score (nSPS) is 23.4. The molecule has 2 aromatic carbocycles. The largest absolute Gasteiger partial charge is 0.349 e. The molecular formula is C25H30N2OS. The third-order valence-electron chi connectivity index (χ3n) is 6.40. The quantitative estimate of drug-likeness (QED) is 0.619. The molecule has 2 aromatic rings. The van der Waals surface area contributed by atoms with Gasteiger partial charge in [0.2, 0.25) is 0 Å². The van der Waals surface area contributed by atoms with Crippen molar-refractivity contribution < 1.29 is 4.79 Å². The summed E-state index contributed by atoms with van der Waals surface area (Å²) in [6.07, 6.45) is 5.52. The maximum absolute atomic E-state index is 13.0. The lowest BCUT2D eigenvalue weighted by molar-refractivity contribution is 0.0891. The molecule has 0 saturated heterocycles. The van der Waals surface area contributed by atoms with Crippen molar-refractivity contribution in [1.29, 1.82) is 0 Å². The number of nitrogens with one attached hydrogen (secondary N) is 1. The Morgan fingerprint density at radius 3 is 2.79 bits per heavy atom. The Morgan fingerprint density at radius 2 is 1.97 bits per heavy atom. The second-order valence-electron chi connectivity index (χ2n) is 8.44. The van der Waals surface area contributed by atoms with Crippen LogP contribution in [0.1, 0.15) is 68.8 Å². The van der Waals surface area contributed by atoms with Gasteiger partial charge in [-0.2, -0.15) is 0 Å². The van der Waals surface area contributed by atoms with Gasteiger partial charge in [-0.25, -0.2) is 0 Å². The molecule has 0 unspecified atom stereocenters. The van der Waals surface area contributed by atoms with Crippen LogP contribution in [0.25, 0.3) is 0 Å². The van der Waals surface area contributed by atoms with E-state index >= 15 is 0 Å². The van der Waals surface area contributed by atoms with Crippen molar-refractivity contribution in [3.05, 3.63) is 53.6 Å². The summed E-state index contributed by atoms with van der Waals surface area (Å²) < 4.78 is 0. The fourth-order valence-corrected chi connectivity index (χ4v) is 5.44. The molecule has 1 fully saturated rings. The third-order valence-corrected chi connectivity index (χ3v) is 7.55. The van der Waals surface area contributed by atoms with Crippen molar-refractivity contribution in [3.8, 4) is 0 Å². The van der Waals surface area contributed by atoms with Crippen LogP contribution in [0.4, 0.5) is 5.69 Å². The van der Waals surface area contributed by atoms with Crippen LogP contribution >= 0.6 is 11.8 Å². The van der Waals surface area contributed by atoms with Gasteiger partial charge in [0.15, 0.2) is 0 Å². The van der Waals surface area contributed by atoms with E-state index in [1.165, 1.54) is 23.3 Å². The van der Waals surface area contributed by atoms with Crippen molar-refractivity contribution in [1.82, 2.24) is 5.32 Å². The zero-order valence-corrected chi connectivity index (χ0v) is 18.4. The molecule has 3 atom stereocenters.